The zero-order valence-electron chi connectivity index (χ0n) is 9.88. The van der Waals surface area contributed by atoms with Crippen molar-refractivity contribution in [2.75, 3.05) is 7.05 Å². The number of sulfonamides is 1. The van der Waals surface area contributed by atoms with Gasteiger partial charge < -0.3 is 4.42 Å². The number of aromatic nitrogens is 1. The largest absolute Gasteiger partial charge is 0.453 e. The molecule has 0 aromatic carbocycles. The van der Waals surface area contributed by atoms with E-state index in [1.54, 1.807) is 12.1 Å². The average molecular weight is 410 g/mol. The minimum absolute atomic E-state index is 0.134. The van der Waals surface area contributed by atoms with Gasteiger partial charge >= 0.3 is 0 Å². The molecule has 0 aliphatic carbocycles. The normalized spacial score (nSPS) is 12.0. The van der Waals surface area contributed by atoms with Gasteiger partial charge in [0.15, 0.2) is 4.67 Å². The van der Waals surface area contributed by atoms with E-state index in [1.165, 1.54) is 29.8 Å². The Morgan fingerprint density at radius 1 is 1.32 bits per heavy atom. The summed E-state index contributed by atoms with van der Waals surface area (Å²) in [5.41, 5.74) is 0. The Balaban J connectivity index is 2.24. The van der Waals surface area contributed by atoms with Crippen LogP contribution in [0.15, 0.2) is 49.0 Å². The quantitative estimate of drug-likeness (QED) is 0.778. The van der Waals surface area contributed by atoms with Crippen LogP contribution in [0.4, 0.5) is 0 Å². The van der Waals surface area contributed by atoms with Crippen molar-refractivity contribution in [1.29, 1.82) is 0 Å². The van der Waals surface area contributed by atoms with Crippen LogP contribution in [0.2, 0.25) is 0 Å². The van der Waals surface area contributed by atoms with E-state index in [1.807, 2.05) is 0 Å². The lowest BCUT2D eigenvalue weighted by molar-refractivity contribution is 0.398. The van der Waals surface area contributed by atoms with E-state index in [-0.39, 0.29) is 11.4 Å². The van der Waals surface area contributed by atoms with Crippen molar-refractivity contribution in [2.45, 2.75) is 11.4 Å². The fourth-order valence-electron chi connectivity index (χ4n) is 1.45. The van der Waals surface area contributed by atoms with Crippen molar-refractivity contribution in [2.24, 2.45) is 0 Å². The standard InChI is InChI=1S/C11H10Br2N2O3S/c1-15(7-9-2-3-11(13)18-9)19(16,17)10-4-8(12)5-14-6-10/h2-6H,7H2,1H3. The molecule has 19 heavy (non-hydrogen) atoms. The van der Waals surface area contributed by atoms with E-state index in [9.17, 15) is 8.42 Å². The molecule has 0 N–H and O–H groups in total. The van der Waals surface area contributed by atoms with E-state index < -0.39 is 10.0 Å². The lowest BCUT2D eigenvalue weighted by Crippen LogP contribution is -2.26. The molecule has 0 aliphatic heterocycles. The SMILES string of the molecule is CN(Cc1ccc(Br)o1)S(=O)(=O)c1cncc(Br)c1. The first-order chi connectivity index (χ1) is 8.89. The lowest BCUT2D eigenvalue weighted by atomic mass is 10.4. The van der Waals surface area contributed by atoms with Crippen LogP contribution < -0.4 is 0 Å². The number of nitrogens with zero attached hydrogens (tertiary/aromatic N) is 2. The molecule has 0 saturated heterocycles. The Bertz CT molecular complexity index is 685. The molecule has 0 saturated carbocycles. The van der Waals surface area contributed by atoms with Gasteiger partial charge in [-0.3, -0.25) is 4.98 Å². The molecule has 0 bridgehead atoms. The Morgan fingerprint density at radius 2 is 2.05 bits per heavy atom. The predicted molar refractivity (Wildman–Crippen MR) is 77.0 cm³/mol. The molecular formula is C11H10Br2N2O3S. The fraction of sp³-hybridized carbons (Fsp3) is 0.182. The van der Waals surface area contributed by atoms with Crippen molar-refractivity contribution in [3.05, 3.63) is 45.5 Å². The van der Waals surface area contributed by atoms with Crippen molar-refractivity contribution in [3.8, 4) is 0 Å². The second kappa shape index (κ2) is 5.74. The molecule has 2 aromatic rings. The smallest absolute Gasteiger partial charge is 0.244 e. The van der Waals surface area contributed by atoms with Crippen LogP contribution >= 0.6 is 31.9 Å². The molecule has 0 spiro atoms. The van der Waals surface area contributed by atoms with Gasteiger partial charge in [-0.2, -0.15) is 4.31 Å². The van der Waals surface area contributed by atoms with Gasteiger partial charge in [0.2, 0.25) is 10.0 Å². The van der Waals surface area contributed by atoms with Crippen LogP contribution in [-0.2, 0) is 16.6 Å². The first-order valence-electron chi connectivity index (χ1n) is 5.21. The molecule has 0 fully saturated rings. The Morgan fingerprint density at radius 3 is 2.63 bits per heavy atom. The summed E-state index contributed by atoms with van der Waals surface area (Å²) >= 11 is 6.38. The van der Waals surface area contributed by atoms with Crippen LogP contribution in [-0.4, -0.2) is 24.8 Å². The van der Waals surface area contributed by atoms with Crippen LogP contribution in [0.5, 0.6) is 0 Å². The zero-order chi connectivity index (χ0) is 14.0. The maximum absolute atomic E-state index is 12.3. The number of furan rings is 1. The molecular weight excluding hydrogens is 400 g/mol. The predicted octanol–water partition coefficient (Wildman–Crippen LogP) is 3.02. The third-order valence-electron chi connectivity index (χ3n) is 2.40. The Hall–Kier alpha value is -0.700. The molecule has 0 unspecified atom stereocenters. The molecule has 0 amide bonds. The average Bonchev–Trinajstić information content (AvgIpc) is 2.74. The summed E-state index contributed by atoms with van der Waals surface area (Å²) < 4.78 is 32.3. The topological polar surface area (TPSA) is 63.4 Å². The van der Waals surface area contributed by atoms with Gasteiger partial charge in [0.1, 0.15) is 10.7 Å². The fourth-order valence-corrected chi connectivity index (χ4v) is 3.44. The highest BCUT2D eigenvalue weighted by molar-refractivity contribution is 9.10. The van der Waals surface area contributed by atoms with Gasteiger partial charge in [-0.1, -0.05) is 0 Å². The zero-order valence-corrected chi connectivity index (χ0v) is 13.9. The van der Waals surface area contributed by atoms with E-state index in [0.29, 0.717) is 14.9 Å². The molecule has 2 heterocycles. The first-order valence-corrected chi connectivity index (χ1v) is 8.23. The molecule has 8 heteroatoms. The van der Waals surface area contributed by atoms with Crippen LogP contribution in [0.3, 0.4) is 0 Å². The Labute approximate surface area is 127 Å². The third-order valence-corrected chi connectivity index (χ3v) is 5.02. The Kier molecular flexibility index (Phi) is 4.44. The van der Waals surface area contributed by atoms with Gasteiger partial charge in [-0.25, -0.2) is 8.42 Å². The van der Waals surface area contributed by atoms with Gasteiger partial charge in [0, 0.05) is 23.9 Å². The van der Waals surface area contributed by atoms with Gasteiger partial charge in [-0.05, 0) is 50.1 Å². The van der Waals surface area contributed by atoms with Crippen molar-refractivity contribution >= 4 is 41.9 Å². The molecule has 0 atom stereocenters. The van der Waals surface area contributed by atoms with Gasteiger partial charge in [0.25, 0.3) is 0 Å². The van der Waals surface area contributed by atoms with E-state index in [2.05, 4.69) is 36.8 Å². The second-order valence-corrected chi connectivity index (χ2v) is 7.55. The lowest BCUT2D eigenvalue weighted by Gasteiger charge is -2.15. The minimum atomic E-state index is -3.58. The van der Waals surface area contributed by atoms with E-state index in [4.69, 9.17) is 4.42 Å². The molecule has 102 valence electrons. The number of halogens is 2. The second-order valence-electron chi connectivity index (χ2n) is 3.81. The van der Waals surface area contributed by atoms with Crippen LogP contribution in [0.1, 0.15) is 5.76 Å². The van der Waals surface area contributed by atoms with Crippen molar-refractivity contribution in [1.82, 2.24) is 9.29 Å². The molecule has 5 nitrogen and oxygen atoms in total. The third kappa shape index (κ3) is 3.44. The number of rotatable bonds is 4. The summed E-state index contributed by atoms with van der Waals surface area (Å²) in [6.45, 7) is 0.153. The van der Waals surface area contributed by atoms with Gasteiger partial charge in [0.05, 0.1) is 6.54 Å². The highest BCUT2D eigenvalue weighted by atomic mass is 79.9. The number of pyridine rings is 1. The minimum Gasteiger partial charge on any atom is -0.453 e. The number of hydrogen-bond donors (Lipinski definition) is 0. The molecule has 2 rings (SSSR count). The summed E-state index contributed by atoms with van der Waals surface area (Å²) in [6, 6.07) is 4.95. The van der Waals surface area contributed by atoms with Crippen LogP contribution in [0.25, 0.3) is 0 Å². The van der Waals surface area contributed by atoms with Gasteiger partial charge in [-0.15, -0.1) is 0 Å². The molecule has 2 aromatic heterocycles. The highest BCUT2D eigenvalue weighted by Gasteiger charge is 2.22. The first kappa shape index (κ1) is 14.7. The summed E-state index contributed by atoms with van der Waals surface area (Å²) in [6.07, 6.45) is 2.84. The van der Waals surface area contributed by atoms with Crippen molar-refractivity contribution in [3.63, 3.8) is 0 Å². The summed E-state index contributed by atoms with van der Waals surface area (Å²) in [7, 11) is -2.09. The van der Waals surface area contributed by atoms with Crippen LogP contribution in [0, 0.1) is 0 Å². The highest BCUT2D eigenvalue weighted by Crippen LogP contribution is 2.21. The summed E-state index contributed by atoms with van der Waals surface area (Å²) in [5.74, 6) is 0.556. The maximum Gasteiger partial charge on any atom is 0.244 e. The monoisotopic (exact) mass is 408 g/mol. The molecule has 0 radical (unpaired) electrons. The van der Waals surface area contributed by atoms with E-state index in [0.717, 1.165) is 0 Å². The van der Waals surface area contributed by atoms with E-state index >= 15 is 0 Å². The van der Waals surface area contributed by atoms with Crippen molar-refractivity contribution < 1.29 is 12.8 Å². The summed E-state index contributed by atoms with van der Waals surface area (Å²) in [4.78, 5) is 3.99. The summed E-state index contributed by atoms with van der Waals surface area (Å²) in [5, 5.41) is 0. The maximum atomic E-state index is 12.3. The number of hydrogen-bond acceptors (Lipinski definition) is 4. The molecule has 0 aliphatic rings.